The molecule has 4 heteroatoms. The van der Waals surface area contributed by atoms with Gasteiger partial charge in [-0.25, -0.2) is 0 Å². The number of aliphatic hydroxyl groups excluding tert-OH is 1. The molecular weight excluding hydrogens is 308 g/mol. The van der Waals surface area contributed by atoms with Gasteiger partial charge < -0.3 is 14.6 Å². The first-order valence-corrected chi connectivity index (χ1v) is 6.92. The van der Waals surface area contributed by atoms with Gasteiger partial charge in [-0.15, -0.1) is 0 Å². The van der Waals surface area contributed by atoms with E-state index in [4.69, 9.17) is 9.47 Å². The minimum atomic E-state index is -0.0198. The van der Waals surface area contributed by atoms with Crippen LogP contribution >= 0.6 is 15.9 Å². The molecule has 19 heavy (non-hydrogen) atoms. The number of hydrogen-bond acceptors (Lipinski definition) is 3. The topological polar surface area (TPSA) is 38.7 Å². The van der Waals surface area contributed by atoms with Crippen LogP contribution in [0.4, 0.5) is 0 Å². The van der Waals surface area contributed by atoms with E-state index in [9.17, 15) is 5.11 Å². The van der Waals surface area contributed by atoms with Gasteiger partial charge in [-0.2, -0.15) is 0 Å². The van der Waals surface area contributed by atoms with Crippen LogP contribution in [-0.2, 0) is 6.61 Å². The Balaban J connectivity index is 2.75. The Bertz CT molecular complexity index is 593. The molecule has 0 spiro atoms. The zero-order valence-electron chi connectivity index (χ0n) is 11.2. The van der Waals surface area contributed by atoms with Crippen molar-refractivity contribution < 1.29 is 14.6 Å². The number of fused-ring (bicyclic) bond motifs is 1. The third-order valence-electron chi connectivity index (χ3n) is 2.81. The lowest BCUT2D eigenvalue weighted by Gasteiger charge is -2.16. The third kappa shape index (κ3) is 2.85. The van der Waals surface area contributed by atoms with E-state index in [0.717, 1.165) is 26.6 Å². The van der Waals surface area contributed by atoms with E-state index in [1.165, 1.54) is 0 Å². The number of benzene rings is 2. The quantitative estimate of drug-likeness (QED) is 0.927. The minimum Gasteiger partial charge on any atom is -0.496 e. The van der Waals surface area contributed by atoms with Gasteiger partial charge in [0.2, 0.25) is 0 Å². The number of hydrogen-bond donors (Lipinski definition) is 1. The smallest absolute Gasteiger partial charge is 0.131 e. The highest BCUT2D eigenvalue weighted by Gasteiger charge is 2.13. The molecule has 2 aromatic rings. The standard InChI is InChI=1S/C15H17BrO3/c1-9(2)19-13-5-4-12(16)11-6-10(8-17)7-14(18-3)15(11)13/h4-7,9,17H,8H2,1-3H3. The number of methoxy groups -OCH3 is 1. The second kappa shape index (κ2) is 5.80. The molecule has 0 atom stereocenters. The molecule has 0 aromatic heterocycles. The summed E-state index contributed by atoms with van der Waals surface area (Å²) in [5.74, 6) is 1.49. The molecule has 0 radical (unpaired) electrons. The van der Waals surface area contributed by atoms with Crippen LogP contribution in [0, 0.1) is 0 Å². The molecule has 0 heterocycles. The number of aliphatic hydroxyl groups is 1. The van der Waals surface area contributed by atoms with Crippen molar-refractivity contribution in [2.75, 3.05) is 7.11 Å². The lowest BCUT2D eigenvalue weighted by atomic mass is 10.0. The highest BCUT2D eigenvalue weighted by Crippen LogP contribution is 2.39. The van der Waals surface area contributed by atoms with Gasteiger partial charge in [0, 0.05) is 9.86 Å². The van der Waals surface area contributed by atoms with E-state index in [1.54, 1.807) is 7.11 Å². The van der Waals surface area contributed by atoms with E-state index in [1.807, 2.05) is 38.1 Å². The maximum Gasteiger partial charge on any atom is 0.131 e. The Morgan fingerprint density at radius 2 is 1.95 bits per heavy atom. The number of rotatable bonds is 4. The van der Waals surface area contributed by atoms with Crippen LogP contribution in [0.5, 0.6) is 11.5 Å². The molecule has 0 amide bonds. The summed E-state index contributed by atoms with van der Waals surface area (Å²) in [6.07, 6.45) is 0.0894. The Hall–Kier alpha value is -1.26. The molecule has 2 aromatic carbocycles. The predicted octanol–water partition coefficient (Wildman–Crippen LogP) is 3.89. The fraction of sp³-hybridized carbons (Fsp3) is 0.333. The fourth-order valence-corrected chi connectivity index (χ4v) is 2.49. The van der Waals surface area contributed by atoms with Crippen molar-refractivity contribution in [3.8, 4) is 11.5 Å². The van der Waals surface area contributed by atoms with Crippen LogP contribution in [0.3, 0.4) is 0 Å². The summed E-state index contributed by atoms with van der Waals surface area (Å²) in [7, 11) is 1.62. The Morgan fingerprint density at radius 3 is 2.53 bits per heavy atom. The minimum absolute atomic E-state index is 0.0198. The first-order chi connectivity index (χ1) is 9.06. The Morgan fingerprint density at radius 1 is 1.21 bits per heavy atom. The molecule has 102 valence electrons. The van der Waals surface area contributed by atoms with Crippen LogP contribution in [0.1, 0.15) is 19.4 Å². The van der Waals surface area contributed by atoms with E-state index in [0.29, 0.717) is 5.75 Å². The van der Waals surface area contributed by atoms with Crippen molar-refractivity contribution in [2.45, 2.75) is 26.6 Å². The molecule has 3 nitrogen and oxygen atoms in total. The van der Waals surface area contributed by atoms with E-state index < -0.39 is 0 Å². The molecule has 0 bridgehead atoms. The summed E-state index contributed by atoms with van der Waals surface area (Å²) in [6, 6.07) is 7.64. The highest BCUT2D eigenvalue weighted by atomic mass is 79.9. The SMILES string of the molecule is COc1cc(CO)cc2c(Br)ccc(OC(C)C)c12. The van der Waals surface area contributed by atoms with Crippen molar-refractivity contribution in [3.05, 3.63) is 34.3 Å². The molecule has 0 unspecified atom stereocenters. The molecule has 0 aliphatic rings. The summed E-state index contributed by atoms with van der Waals surface area (Å²) in [4.78, 5) is 0. The molecule has 2 rings (SSSR count). The predicted molar refractivity (Wildman–Crippen MR) is 79.9 cm³/mol. The largest absolute Gasteiger partial charge is 0.496 e. The van der Waals surface area contributed by atoms with Crippen LogP contribution in [0.2, 0.25) is 0 Å². The van der Waals surface area contributed by atoms with Crippen molar-refractivity contribution in [3.63, 3.8) is 0 Å². The van der Waals surface area contributed by atoms with Crippen molar-refractivity contribution >= 4 is 26.7 Å². The molecule has 0 saturated carbocycles. The second-order valence-corrected chi connectivity index (χ2v) is 5.45. The molecule has 0 saturated heterocycles. The molecule has 0 fully saturated rings. The van der Waals surface area contributed by atoms with Gasteiger partial charge in [-0.05, 0) is 43.7 Å². The molecule has 1 N–H and O–H groups in total. The average molecular weight is 325 g/mol. The maximum absolute atomic E-state index is 9.32. The van der Waals surface area contributed by atoms with Gasteiger partial charge in [0.1, 0.15) is 11.5 Å². The summed E-state index contributed by atoms with van der Waals surface area (Å²) < 4.78 is 12.2. The lowest BCUT2D eigenvalue weighted by Crippen LogP contribution is -2.06. The second-order valence-electron chi connectivity index (χ2n) is 4.59. The molecule has 0 aliphatic carbocycles. The maximum atomic E-state index is 9.32. The number of halogens is 1. The zero-order valence-corrected chi connectivity index (χ0v) is 12.8. The molecule has 0 aliphatic heterocycles. The lowest BCUT2D eigenvalue weighted by molar-refractivity contribution is 0.245. The molecular formula is C15H17BrO3. The van der Waals surface area contributed by atoms with Crippen molar-refractivity contribution in [2.24, 2.45) is 0 Å². The first kappa shape index (κ1) is 14.2. The Labute approximate surface area is 121 Å². The van der Waals surface area contributed by atoms with E-state index >= 15 is 0 Å². The van der Waals surface area contributed by atoms with Gasteiger partial charge in [0.05, 0.1) is 25.2 Å². The van der Waals surface area contributed by atoms with Crippen LogP contribution in [-0.4, -0.2) is 18.3 Å². The average Bonchev–Trinajstić information content (AvgIpc) is 2.40. The number of ether oxygens (including phenoxy) is 2. The summed E-state index contributed by atoms with van der Waals surface area (Å²) >= 11 is 3.53. The monoisotopic (exact) mass is 324 g/mol. The van der Waals surface area contributed by atoms with Gasteiger partial charge in [0.25, 0.3) is 0 Å². The third-order valence-corrected chi connectivity index (χ3v) is 3.50. The van der Waals surface area contributed by atoms with Crippen molar-refractivity contribution in [1.29, 1.82) is 0 Å². The van der Waals surface area contributed by atoms with E-state index in [-0.39, 0.29) is 12.7 Å². The summed E-state index contributed by atoms with van der Waals surface area (Å²) in [5.41, 5.74) is 0.812. The van der Waals surface area contributed by atoms with Gasteiger partial charge >= 0.3 is 0 Å². The summed E-state index contributed by atoms with van der Waals surface area (Å²) in [5, 5.41) is 11.2. The van der Waals surface area contributed by atoms with E-state index in [2.05, 4.69) is 15.9 Å². The van der Waals surface area contributed by atoms with Crippen LogP contribution < -0.4 is 9.47 Å². The van der Waals surface area contributed by atoms with Gasteiger partial charge in [-0.1, -0.05) is 15.9 Å². The van der Waals surface area contributed by atoms with Gasteiger partial charge in [-0.3, -0.25) is 0 Å². The van der Waals surface area contributed by atoms with Crippen molar-refractivity contribution in [1.82, 2.24) is 0 Å². The highest BCUT2D eigenvalue weighted by molar-refractivity contribution is 9.10. The fourth-order valence-electron chi connectivity index (χ4n) is 2.04. The zero-order chi connectivity index (χ0) is 14.0. The summed E-state index contributed by atoms with van der Waals surface area (Å²) in [6.45, 7) is 3.96. The van der Waals surface area contributed by atoms with Crippen LogP contribution in [0.15, 0.2) is 28.7 Å². The van der Waals surface area contributed by atoms with Crippen LogP contribution in [0.25, 0.3) is 10.8 Å². The first-order valence-electron chi connectivity index (χ1n) is 6.13. The Kier molecular flexibility index (Phi) is 4.32. The van der Waals surface area contributed by atoms with Gasteiger partial charge in [0.15, 0.2) is 0 Å². The normalized spacial score (nSPS) is 11.1.